The minimum atomic E-state index is -4.57. The lowest BCUT2D eigenvalue weighted by molar-refractivity contribution is -0.139. The van der Waals surface area contributed by atoms with E-state index in [2.05, 4.69) is 5.32 Å². The van der Waals surface area contributed by atoms with Crippen molar-refractivity contribution < 1.29 is 23.1 Å². The van der Waals surface area contributed by atoms with Crippen LogP contribution < -0.4 is 5.32 Å². The zero-order chi connectivity index (χ0) is 16.3. The molecule has 2 rings (SSSR count). The fourth-order valence-corrected chi connectivity index (χ4v) is 2.83. The molecule has 2 aromatic rings. The van der Waals surface area contributed by atoms with Gasteiger partial charge in [-0.25, -0.2) is 0 Å². The molecule has 22 heavy (non-hydrogen) atoms. The van der Waals surface area contributed by atoms with Crippen LogP contribution >= 0.6 is 22.9 Å². The van der Waals surface area contributed by atoms with Gasteiger partial charge in [0.25, 0.3) is 5.91 Å². The van der Waals surface area contributed by atoms with Crippen molar-refractivity contribution in [2.24, 2.45) is 0 Å². The van der Waals surface area contributed by atoms with Crippen LogP contribution in [0.2, 0.25) is 4.34 Å². The second-order valence-corrected chi connectivity index (χ2v) is 6.13. The predicted octanol–water partition coefficient (Wildman–Crippen LogP) is 3.88. The normalized spacial score (nSPS) is 13.0. The first-order valence-corrected chi connectivity index (χ1v) is 7.36. The molecular formula is C14H11ClF3NO2S. The summed E-state index contributed by atoms with van der Waals surface area (Å²) in [7, 11) is 0. The van der Waals surface area contributed by atoms with Gasteiger partial charge in [-0.3, -0.25) is 4.79 Å². The number of carbonyl (C=O) groups excluding carboxylic acids is 1. The summed E-state index contributed by atoms with van der Waals surface area (Å²) in [4.78, 5) is 12.1. The first kappa shape index (κ1) is 16.8. The lowest BCUT2D eigenvalue weighted by Gasteiger charge is -2.17. The van der Waals surface area contributed by atoms with Gasteiger partial charge in [0.2, 0.25) is 0 Å². The van der Waals surface area contributed by atoms with E-state index < -0.39 is 23.8 Å². The van der Waals surface area contributed by atoms with Gasteiger partial charge in [0.1, 0.15) is 0 Å². The van der Waals surface area contributed by atoms with E-state index in [1.165, 1.54) is 30.3 Å². The van der Waals surface area contributed by atoms with Gasteiger partial charge in [-0.2, -0.15) is 13.2 Å². The third-order valence-corrected chi connectivity index (χ3v) is 4.11. The molecule has 0 aliphatic heterocycles. The number of hydrogen-bond donors (Lipinski definition) is 2. The van der Waals surface area contributed by atoms with E-state index in [9.17, 15) is 23.1 Å². The SMILES string of the molecule is O=C(NCC(O)c1ccccc1C(F)(F)F)c1ccc(Cl)s1. The molecule has 0 aliphatic carbocycles. The van der Waals surface area contributed by atoms with Crippen LogP contribution in [0.15, 0.2) is 36.4 Å². The zero-order valence-electron chi connectivity index (χ0n) is 11.0. The molecule has 1 aromatic carbocycles. The molecule has 1 amide bonds. The lowest BCUT2D eigenvalue weighted by Crippen LogP contribution is -2.28. The number of benzene rings is 1. The van der Waals surface area contributed by atoms with Gasteiger partial charge in [-0.05, 0) is 23.8 Å². The van der Waals surface area contributed by atoms with E-state index in [1.807, 2.05) is 0 Å². The number of aliphatic hydroxyl groups is 1. The van der Waals surface area contributed by atoms with Crippen molar-refractivity contribution in [1.82, 2.24) is 5.32 Å². The van der Waals surface area contributed by atoms with Crippen LogP contribution in [0.3, 0.4) is 0 Å². The molecule has 3 nitrogen and oxygen atoms in total. The number of alkyl halides is 3. The summed E-state index contributed by atoms with van der Waals surface area (Å²) in [5.41, 5.74) is -1.20. The quantitative estimate of drug-likeness (QED) is 0.880. The number of nitrogens with one attached hydrogen (secondary N) is 1. The second kappa shape index (κ2) is 6.68. The monoisotopic (exact) mass is 349 g/mol. The summed E-state index contributed by atoms with van der Waals surface area (Å²) in [5, 5.41) is 12.3. The van der Waals surface area contributed by atoms with Gasteiger partial charge in [-0.1, -0.05) is 29.8 Å². The molecule has 1 unspecified atom stereocenters. The minimum Gasteiger partial charge on any atom is -0.387 e. The Morgan fingerprint density at radius 2 is 1.95 bits per heavy atom. The van der Waals surface area contributed by atoms with Crippen LogP contribution in [0, 0.1) is 0 Å². The average Bonchev–Trinajstić information content (AvgIpc) is 2.90. The first-order valence-electron chi connectivity index (χ1n) is 6.17. The van der Waals surface area contributed by atoms with Gasteiger partial charge in [-0.15, -0.1) is 11.3 Å². The molecule has 8 heteroatoms. The van der Waals surface area contributed by atoms with E-state index in [1.54, 1.807) is 0 Å². The average molecular weight is 350 g/mol. The highest BCUT2D eigenvalue weighted by Crippen LogP contribution is 2.34. The fraction of sp³-hybridized carbons (Fsp3) is 0.214. The molecule has 0 aliphatic rings. The molecule has 0 saturated heterocycles. The van der Waals surface area contributed by atoms with Crippen LogP contribution in [-0.2, 0) is 6.18 Å². The van der Waals surface area contributed by atoms with Gasteiger partial charge in [0.15, 0.2) is 0 Å². The number of halogens is 4. The number of thiophene rings is 1. The minimum absolute atomic E-state index is 0.278. The van der Waals surface area contributed by atoms with Crippen LogP contribution in [0.1, 0.15) is 26.9 Å². The van der Waals surface area contributed by atoms with Crippen LogP contribution in [0.5, 0.6) is 0 Å². The van der Waals surface area contributed by atoms with Crippen molar-refractivity contribution in [2.45, 2.75) is 12.3 Å². The molecule has 1 atom stereocenters. The van der Waals surface area contributed by atoms with E-state index in [0.717, 1.165) is 17.4 Å². The Bertz CT molecular complexity index is 672. The highest BCUT2D eigenvalue weighted by atomic mass is 35.5. The summed E-state index contributed by atoms with van der Waals surface area (Å²) in [5.74, 6) is -0.500. The van der Waals surface area contributed by atoms with Crippen molar-refractivity contribution in [3.63, 3.8) is 0 Å². The molecule has 118 valence electrons. The van der Waals surface area contributed by atoms with E-state index in [-0.39, 0.29) is 12.1 Å². The number of hydrogen-bond acceptors (Lipinski definition) is 3. The van der Waals surface area contributed by atoms with E-state index >= 15 is 0 Å². The summed E-state index contributed by atoms with van der Waals surface area (Å²) < 4.78 is 39.0. The highest BCUT2D eigenvalue weighted by molar-refractivity contribution is 7.17. The summed E-state index contributed by atoms with van der Waals surface area (Å²) in [6.45, 7) is -0.332. The Hall–Kier alpha value is -1.57. The Kier molecular flexibility index (Phi) is 5.10. The van der Waals surface area contributed by atoms with E-state index in [4.69, 9.17) is 11.6 Å². The van der Waals surface area contributed by atoms with Crippen molar-refractivity contribution >= 4 is 28.8 Å². The Labute approximate surface area is 133 Å². The smallest absolute Gasteiger partial charge is 0.387 e. The molecule has 2 N–H and O–H groups in total. The molecule has 0 saturated carbocycles. The van der Waals surface area contributed by atoms with Crippen LogP contribution in [0.4, 0.5) is 13.2 Å². The van der Waals surface area contributed by atoms with Crippen molar-refractivity contribution in [2.75, 3.05) is 6.54 Å². The Morgan fingerprint density at radius 1 is 1.27 bits per heavy atom. The number of amides is 1. The highest BCUT2D eigenvalue weighted by Gasteiger charge is 2.34. The summed E-state index contributed by atoms with van der Waals surface area (Å²) in [6.07, 6.45) is -6.03. The van der Waals surface area contributed by atoms with Crippen molar-refractivity contribution in [3.05, 3.63) is 56.7 Å². The lowest BCUT2D eigenvalue weighted by atomic mass is 10.0. The van der Waals surface area contributed by atoms with Crippen LogP contribution in [0.25, 0.3) is 0 Å². The summed E-state index contributed by atoms with van der Waals surface area (Å²) in [6, 6.07) is 7.75. The van der Waals surface area contributed by atoms with Crippen molar-refractivity contribution in [3.8, 4) is 0 Å². The Morgan fingerprint density at radius 3 is 2.55 bits per heavy atom. The van der Waals surface area contributed by atoms with Gasteiger partial charge < -0.3 is 10.4 Å². The Balaban J connectivity index is 2.07. The molecule has 0 radical (unpaired) electrons. The maximum Gasteiger partial charge on any atom is 0.416 e. The van der Waals surface area contributed by atoms with Crippen molar-refractivity contribution in [1.29, 1.82) is 0 Å². The van der Waals surface area contributed by atoms with Gasteiger partial charge in [0, 0.05) is 6.54 Å². The van der Waals surface area contributed by atoms with Gasteiger partial charge in [0.05, 0.1) is 20.9 Å². The number of carbonyl (C=O) groups is 1. The number of rotatable bonds is 4. The topological polar surface area (TPSA) is 49.3 Å². The molecule has 0 bridgehead atoms. The molecular weight excluding hydrogens is 339 g/mol. The molecule has 1 aromatic heterocycles. The maximum absolute atomic E-state index is 12.9. The maximum atomic E-state index is 12.9. The fourth-order valence-electron chi connectivity index (χ4n) is 1.87. The molecule has 1 heterocycles. The molecule has 0 fully saturated rings. The van der Waals surface area contributed by atoms with Gasteiger partial charge >= 0.3 is 6.18 Å². The standard InChI is InChI=1S/C14H11ClF3NO2S/c15-12-6-5-11(22-12)13(21)19-7-10(20)8-3-1-2-4-9(8)14(16,17)18/h1-6,10,20H,7H2,(H,19,21). The third kappa shape index (κ3) is 4.00. The second-order valence-electron chi connectivity index (χ2n) is 4.41. The molecule has 0 spiro atoms. The largest absolute Gasteiger partial charge is 0.416 e. The first-order chi connectivity index (χ1) is 10.3. The predicted molar refractivity (Wildman–Crippen MR) is 78.1 cm³/mol. The van der Waals surface area contributed by atoms with E-state index in [0.29, 0.717) is 9.21 Å². The third-order valence-electron chi connectivity index (χ3n) is 2.88. The zero-order valence-corrected chi connectivity index (χ0v) is 12.6. The number of aliphatic hydroxyl groups excluding tert-OH is 1. The van der Waals surface area contributed by atoms with Crippen LogP contribution in [-0.4, -0.2) is 17.6 Å². The summed E-state index contributed by atoms with van der Waals surface area (Å²) >= 11 is 6.74.